The van der Waals surface area contributed by atoms with Crippen LogP contribution in [-0.2, 0) is 0 Å². The summed E-state index contributed by atoms with van der Waals surface area (Å²) in [6, 6.07) is 9.88. The molecule has 0 fully saturated rings. The average Bonchev–Trinajstić information content (AvgIpc) is 2.82. The first-order valence-corrected chi connectivity index (χ1v) is 6.03. The van der Waals surface area contributed by atoms with Gasteiger partial charge in [0.05, 0.1) is 0 Å². The van der Waals surface area contributed by atoms with E-state index in [2.05, 4.69) is 4.98 Å². The van der Waals surface area contributed by atoms with Crippen LogP contribution in [-0.4, -0.2) is 16.6 Å². The molecule has 0 saturated heterocycles. The van der Waals surface area contributed by atoms with Crippen LogP contribution in [0.25, 0.3) is 11.1 Å². The highest BCUT2D eigenvalue weighted by Gasteiger charge is 2.30. The molecule has 0 aliphatic heterocycles. The summed E-state index contributed by atoms with van der Waals surface area (Å²) in [7, 11) is 0. The molecule has 1 aliphatic rings. The first-order valence-electron chi connectivity index (χ1n) is 6.03. The molecule has 1 heterocycles. The number of nitrogen functional groups attached to an aromatic ring is 1. The van der Waals surface area contributed by atoms with Gasteiger partial charge in [0, 0.05) is 22.3 Å². The lowest BCUT2D eigenvalue weighted by atomic mass is 9.84. The van der Waals surface area contributed by atoms with E-state index in [0.717, 1.165) is 0 Å². The number of hydrogen-bond donors (Lipinski definition) is 1. The Kier molecular flexibility index (Phi) is 1.93. The molecule has 2 N–H and O–H groups in total. The first kappa shape index (κ1) is 10.9. The van der Waals surface area contributed by atoms with Crippen LogP contribution in [0.1, 0.15) is 31.8 Å². The van der Waals surface area contributed by atoms with E-state index in [9.17, 15) is 9.59 Å². The summed E-state index contributed by atoms with van der Waals surface area (Å²) in [5.74, 6) is -0.370. The molecule has 4 rings (SSSR count). The molecule has 0 bridgehead atoms. The van der Waals surface area contributed by atoms with Gasteiger partial charge < -0.3 is 10.2 Å². The largest absolute Gasteiger partial charge is 0.424 e. The molecule has 1 aliphatic carbocycles. The quantitative estimate of drug-likeness (QED) is 0.526. The van der Waals surface area contributed by atoms with E-state index < -0.39 is 0 Å². The van der Waals surface area contributed by atoms with Crippen LogP contribution in [0.2, 0.25) is 0 Å². The van der Waals surface area contributed by atoms with Crippen molar-refractivity contribution in [2.75, 3.05) is 5.73 Å². The predicted molar refractivity (Wildman–Crippen MR) is 71.7 cm³/mol. The summed E-state index contributed by atoms with van der Waals surface area (Å²) in [6.07, 6.45) is 0. The summed E-state index contributed by atoms with van der Waals surface area (Å²) in [5.41, 5.74) is 7.88. The third-order valence-corrected chi connectivity index (χ3v) is 3.45. The van der Waals surface area contributed by atoms with Gasteiger partial charge in [0.25, 0.3) is 6.01 Å². The van der Waals surface area contributed by atoms with Gasteiger partial charge in [-0.15, -0.1) is 0 Å². The smallest absolute Gasteiger partial charge is 0.292 e. The third-order valence-electron chi connectivity index (χ3n) is 3.45. The molecular weight excluding hydrogens is 256 g/mol. The molecular formula is C15H8N2O3. The van der Waals surface area contributed by atoms with Crippen molar-refractivity contribution in [1.82, 2.24) is 4.98 Å². The number of rotatable bonds is 0. The highest BCUT2D eigenvalue weighted by atomic mass is 16.4. The minimum absolute atomic E-state index is 0.0137. The average molecular weight is 264 g/mol. The Bertz CT molecular complexity index is 837. The van der Waals surface area contributed by atoms with Crippen molar-refractivity contribution in [1.29, 1.82) is 0 Å². The Hall–Kier alpha value is -2.95. The first-order chi connectivity index (χ1) is 9.65. The van der Waals surface area contributed by atoms with E-state index in [0.29, 0.717) is 33.4 Å². The fourth-order valence-corrected chi connectivity index (χ4v) is 2.54. The lowest BCUT2D eigenvalue weighted by Gasteiger charge is -2.16. The molecule has 5 nitrogen and oxygen atoms in total. The van der Waals surface area contributed by atoms with E-state index >= 15 is 0 Å². The third kappa shape index (κ3) is 1.29. The second kappa shape index (κ2) is 3.54. The standard InChI is InChI=1S/C15H8N2O3/c16-15-17-11-5-9-10(6-12(11)20-15)14(19)8-4-2-1-3-7(8)13(9)18/h1-6H,(H2,16,17). The maximum absolute atomic E-state index is 12.5. The number of carbonyl (C=O) groups is 2. The molecule has 0 saturated carbocycles. The molecule has 96 valence electrons. The Balaban J connectivity index is 2.07. The van der Waals surface area contributed by atoms with Gasteiger partial charge in [-0.3, -0.25) is 9.59 Å². The molecule has 0 radical (unpaired) electrons. The number of fused-ring (bicyclic) bond motifs is 3. The molecule has 20 heavy (non-hydrogen) atoms. The van der Waals surface area contributed by atoms with E-state index in [1.54, 1.807) is 30.3 Å². The zero-order valence-electron chi connectivity index (χ0n) is 10.2. The molecule has 5 heteroatoms. The normalized spacial score (nSPS) is 13.4. The zero-order chi connectivity index (χ0) is 13.9. The Morgan fingerprint density at radius 1 is 0.900 bits per heavy atom. The van der Waals surface area contributed by atoms with E-state index in [1.807, 2.05) is 0 Å². The van der Waals surface area contributed by atoms with Crippen molar-refractivity contribution in [2.24, 2.45) is 0 Å². The fraction of sp³-hybridized carbons (Fsp3) is 0. The van der Waals surface area contributed by atoms with Crippen LogP contribution in [0.15, 0.2) is 40.8 Å². The molecule has 0 amide bonds. The molecule has 3 aromatic rings. The van der Waals surface area contributed by atoms with Crippen molar-refractivity contribution in [3.63, 3.8) is 0 Å². The van der Waals surface area contributed by atoms with E-state index in [-0.39, 0.29) is 17.6 Å². The van der Waals surface area contributed by atoms with E-state index in [4.69, 9.17) is 10.2 Å². The van der Waals surface area contributed by atoms with Gasteiger partial charge in [0.2, 0.25) is 0 Å². The van der Waals surface area contributed by atoms with Gasteiger partial charge in [0.15, 0.2) is 17.1 Å². The number of ketones is 2. The van der Waals surface area contributed by atoms with Gasteiger partial charge in [-0.25, -0.2) is 0 Å². The Morgan fingerprint density at radius 3 is 2.15 bits per heavy atom. The number of oxazole rings is 1. The SMILES string of the molecule is Nc1nc2cc3c(cc2o1)C(=O)c1ccccc1C3=O. The number of carbonyl (C=O) groups excluding carboxylic acids is 2. The monoisotopic (exact) mass is 264 g/mol. The van der Waals surface area contributed by atoms with Crippen molar-refractivity contribution < 1.29 is 14.0 Å². The van der Waals surface area contributed by atoms with Crippen LogP contribution >= 0.6 is 0 Å². The second-order valence-corrected chi connectivity index (χ2v) is 4.62. The fourth-order valence-electron chi connectivity index (χ4n) is 2.54. The van der Waals surface area contributed by atoms with Crippen molar-refractivity contribution in [3.05, 3.63) is 58.7 Å². The maximum atomic E-state index is 12.5. The minimum atomic E-state index is -0.188. The highest BCUT2D eigenvalue weighted by Crippen LogP contribution is 2.30. The summed E-state index contributed by atoms with van der Waals surface area (Å²) in [6.45, 7) is 0. The van der Waals surface area contributed by atoms with Crippen LogP contribution in [0, 0.1) is 0 Å². The minimum Gasteiger partial charge on any atom is -0.424 e. The lowest BCUT2D eigenvalue weighted by molar-refractivity contribution is 0.0979. The molecule has 0 unspecified atom stereocenters. The number of nitrogens with two attached hydrogens (primary N) is 1. The number of nitrogens with zero attached hydrogens (tertiary/aromatic N) is 1. The van der Waals surface area contributed by atoms with Gasteiger partial charge >= 0.3 is 0 Å². The summed E-state index contributed by atoms with van der Waals surface area (Å²) in [4.78, 5) is 28.9. The van der Waals surface area contributed by atoms with Gasteiger partial charge in [-0.1, -0.05) is 24.3 Å². The Labute approximate surface area is 113 Å². The van der Waals surface area contributed by atoms with Crippen molar-refractivity contribution >= 4 is 28.7 Å². The number of aromatic nitrogens is 1. The molecule has 0 spiro atoms. The van der Waals surface area contributed by atoms with Crippen LogP contribution in [0.3, 0.4) is 0 Å². The lowest BCUT2D eigenvalue weighted by Crippen LogP contribution is -2.20. The van der Waals surface area contributed by atoms with Crippen molar-refractivity contribution in [2.45, 2.75) is 0 Å². The number of benzene rings is 2. The van der Waals surface area contributed by atoms with Gasteiger partial charge in [0.1, 0.15) is 5.52 Å². The number of anilines is 1. The van der Waals surface area contributed by atoms with Gasteiger partial charge in [-0.2, -0.15) is 4.98 Å². The van der Waals surface area contributed by atoms with Crippen LogP contribution < -0.4 is 5.73 Å². The van der Waals surface area contributed by atoms with Crippen LogP contribution in [0.4, 0.5) is 6.01 Å². The Morgan fingerprint density at radius 2 is 1.50 bits per heavy atom. The van der Waals surface area contributed by atoms with E-state index in [1.165, 1.54) is 6.07 Å². The molecule has 2 aromatic carbocycles. The van der Waals surface area contributed by atoms with Crippen LogP contribution in [0.5, 0.6) is 0 Å². The summed E-state index contributed by atoms with van der Waals surface area (Å²) in [5, 5.41) is 0. The van der Waals surface area contributed by atoms with Gasteiger partial charge in [-0.05, 0) is 12.1 Å². The summed E-state index contributed by atoms with van der Waals surface area (Å²) >= 11 is 0. The zero-order valence-corrected chi connectivity index (χ0v) is 10.2. The van der Waals surface area contributed by atoms with Crippen molar-refractivity contribution in [3.8, 4) is 0 Å². The number of hydrogen-bond acceptors (Lipinski definition) is 5. The topological polar surface area (TPSA) is 86.2 Å². The molecule has 0 atom stereocenters. The molecule has 1 aromatic heterocycles. The highest BCUT2D eigenvalue weighted by molar-refractivity contribution is 6.29. The second-order valence-electron chi connectivity index (χ2n) is 4.62. The summed E-state index contributed by atoms with van der Waals surface area (Å²) < 4.78 is 5.21. The maximum Gasteiger partial charge on any atom is 0.292 e. The predicted octanol–water partition coefficient (Wildman–Crippen LogP) is 2.19.